The lowest BCUT2D eigenvalue weighted by Gasteiger charge is -2.26. The topological polar surface area (TPSA) is 105 Å². The van der Waals surface area contributed by atoms with E-state index in [9.17, 15) is 19.4 Å². The second-order valence-electron chi connectivity index (χ2n) is 17.5. The van der Waals surface area contributed by atoms with Crippen LogP contribution in [0.3, 0.4) is 0 Å². The number of unbranched alkanes of at least 4 members (excludes halogenated alkanes) is 26. The van der Waals surface area contributed by atoms with Gasteiger partial charge in [0.25, 0.3) is 0 Å². The van der Waals surface area contributed by atoms with Gasteiger partial charge in [-0.3, -0.25) is 13.8 Å². The van der Waals surface area contributed by atoms with Crippen LogP contribution in [0.15, 0.2) is 24.3 Å². The lowest BCUT2D eigenvalue weighted by atomic mass is 10.0. The van der Waals surface area contributed by atoms with Gasteiger partial charge < -0.3 is 19.8 Å². The number of likely N-dealkylation sites (N-methyl/N-ethyl adjacent to an activating group) is 1. The lowest BCUT2D eigenvalue weighted by Crippen LogP contribution is -2.46. The van der Waals surface area contributed by atoms with Crippen LogP contribution < -0.4 is 5.32 Å². The summed E-state index contributed by atoms with van der Waals surface area (Å²) in [6, 6.07) is -0.756. The zero-order chi connectivity index (χ0) is 41.4. The predicted octanol–water partition coefficient (Wildman–Crippen LogP) is 13.3. The number of hydrogen-bond donors (Lipinski definition) is 3. The standard InChI is InChI=1S/C47H93N2O6P/c1-6-8-10-12-14-16-17-18-19-20-21-22-23-24-25-26-27-28-29-30-31-33-35-37-39-41-47(51)48-45(44-55-56(52,53)54-43-42-49(3,4)5)46(50)40-38-36-34-32-15-13-11-9-7-2/h17-18,20-21,45-46,50H,6-16,19,22-44H2,1-5H3,(H-,48,51,52,53)/p+1/b18-17-,21-20-. The van der Waals surface area contributed by atoms with E-state index in [-0.39, 0.29) is 19.1 Å². The third kappa shape index (κ3) is 41.2. The van der Waals surface area contributed by atoms with Crippen LogP contribution in [-0.2, 0) is 18.4 Å². The Morgan fingerprint density at radius 2 is 1.02 bits per heavy atom. The summed E-state index contributed by atoms with van der Waals surface area (Å²) >= 11 is 0. The molecule has 0 aromatic heterocycles. The number of carbonyl (C=O) groups is 1. The molecule has 332 valence electrons. The monoisotopic (exact) mass is 814 g/mol. The summed E-state index contributed by atoms with van der Waals surface area (Å²) < 4.78 is 23.6. The van der Waals surface area contributed by atoms with Gasteiger partial charge in [0.2, 0.25) is 5.91 Å². The van der Waals surface area contributed by atoms with Crippen molar-refractivity contribution in [2.75, 3.05) is 40.9 Å². The van der Waals surface area contributed by atoms with Crippen molar-refractivity contribution in [2.45, 2.75) is 231 Å². The fourth-order valence-corrected chi connectivity index (χ4v) is 7.64. The van der Waals surface area contributed by atoms with E-state index in [4.69, 9.17) is 9.05 Å². The van der Waals surface area contributed by atoms with Gasteiger partial charge in [0.1, 0.15) is 13.2 Å². The number of nitrogens with one attached hydrogen (secondary N) is 1. The molecule has 0 aliphatic carbocycles. The molecule has 8 nitrogen and oxygen atoms in total. The number of allylic oxidation sites excluding steroid dienone is 4. The van der Waals surface area contributed by atoms with E-state index in [1.165, 1.54) is 148 Å². The highest BCUT2D eigenvalue weighted by Crippen LogP contribution is 2.43. The van der Waals surface area contributed by atoms with Gasteiger partial charge in [-0.1, -0.05) is 192 Å². The Morgan fingerprint density at radius 1 is 0.607 bits per heavy atom. The molecule has 3 N–H and O–H groups in total. The summed E-state index contributed by atoms with van der Waals surface area (Å²) in [7, 11) is 1.62. The first-order valence-corrected chi connectivity index (χ1v) is 25.2. The minimum absolute atomic E-state index is 0.0753. The molecule has 0 saturated heterocycles. The Balaban J connectivity index is 4.10. The van der Waals surface area contributed by atoms with E-state index < -0.39 is 20.0 Å². The first-order valence-electron chi connectivity index (χ1n) is 23.7. The van der Waals surface area contributed by atoms with E-state index in [2.05, 4.69) is 43.5 Å². The average Bonchev–Trinajstić information content (AvgIpc) is 3.15. The molecular weight excluding hydrogens is 719 g/mol. The van der Waals surface area contributed by atoms with Crippen molar-refractivity contribution in [2.24, 2.45) is 0 Å². The van der Waals surface area contributed by atoms with Crippen LogP contribution >= 0.6 is 7.82 Å². The van der Waals surface area contributed by atoms with Crippen molar-refractivity contribution in [3.8, 4) is 0 Å². The highest BCUT2D eigenvalue weighted by atomic mass is 31.2. The van der Waals surface area contributed by atoms with E-state index in [0.717, 1.165) is 44.9 Å². The SMILES string of the molecule is CCCCCCC/C=C\C/C=C\CCCCCCCCCCCCCCCC(=O)NC(COP(=O)(O)OCC[N+](C)(C)C)C(O)CCCCCCCCCCC. The van der Waals surface area contributed by atoms with Crippen molar-refractivity contribution < 1.29 is 32.9 Å². The maximum absolute atomic E-state index is 12.9. The summed E-state index contributed by atoms with van der Waals surface area (Å²) in [4.78, 5) is 23.1. The molecule has 0 heterocycles. The van der Waals surface area contributed by atoms with Gasteiger partial charge in [0.15, 0.2) is 0 Å². The molecule has 0 aromatic rings. The maximum Gasteiger partial charge on any atom is 0.472 e. The van der Waals surface area contributed by atoms with Crippen molar-refractivity contribution in [3.05, 3.63) is 24.3 Å². The Kier molecular flexibility index (Phi) is 38.7. The number of quaternary nitrogens is 1. The molecule has 3 unspecified atom stereocenters. The molecule has 0 fully saturated rings. The summed E-state index contributed by atoms with van der Waals surface area (Å²) in [5.41, 5.74) is 0. The fourth-order valence-electron chi connectivity index (χ4n) is 6.90. The van der Waals surface area contributed by atoms with Gasteiger partial charge in [-0.25, -0.2) is 4.57 Å². The number of nitrogens with zero attached hydrogens (tertiary/aromatic N) is 1. The van der Waals surface area contributed by atoms with Crippen LogP contribution in [-0.4, -0.2) is 73.4 Å². The minimum Gasteiger partial charge on any atom is -0.391 e. The van der Waals surface area contributed by atoms with E-state index in [1.807, 2.05) is 21.1 Å². The summed E-state index contributed by atoms with van der Waals surface area (Å²) in [5.74, 6) is -0.147. The number of aliphatic hydroxyl groups is 1. The smallest absolute Gasteiger partial charge is 0.391 e. The highest BCUT2D eigenvalue weighted by Gasteiger charge is 2.28. The third-order valence-electron chi connectivity index (χ3n) is 10.7. The average molecular weight is 814 g/mol. The first kappa shape index (κ1) is 55.0. The molecule has 0 aromatic carbocycles. The van der Waals surface area contributed by atoms with E-state index in [0.29, 0.717) is 23.9 Å². The lowest BCUT2D eigenvalue weighted by molar-refractivity contribution is -0.870. The Hall–Kier alpha value is -1.02. The van der Waals surface area contributed by atoms with Gasteiger partial charge in [0, 0.05) is 6.42 Å². The third-order valence-corrected chi connectivity index (χ3v) is 11.7. The Labute approximate surface area is 347 Å². The summed E-state index contributed by atoms with van der Waals surface area (Å²) in [6.45, 7) is 4.86. The molecular formula is C47H94N2O6P+. The van der Waals surface area contributed by atoms with Crippen molar-refractivity contribution in [1.82, 2.24) is 5.32 Å². The maximum atomic E-state index is 12.9. The van der Waals surface area contributed by atoms with Crippen molar-refractivity contribution in [3.63, 3.8) is 0 Å². The molecule has 0 bridgehead atoms. The van der Waals surface area contributed by atoms with Gasteiger partial charge in [-0.2, -0.15) is 0 Å². The molecule has 56 heavy (non-hydrogen) atoms. The Bertz CT molecular complexity index is 969. The molecule has 9 heteroatoms. The minimum atomic E-state index is -4.31. The van der Waals surface area contributed by atoms with Crippen molar-refractivity contribution in [1.29, 1.82) is 0 Å². The summed E-state index contributed by atoms with van der Waals surface area (Å²) in [6.07, 6.45) is 46.5. The quantitative estimate of drug-likeness (QED) is 0.0245. The molecule has 3 atom stereocenters. The second kappa shape index (κ2) is 39.4. The Morgan fingerprint density at radius 3 is 1.46 bits per heavy atom. The zero-order valence-electron chi connectivity index (χ0n) is 37.6. The number of phosphoric acid groups is 1. The van der Waals surface area contributed by atoms with Crippen LogP contribution in [0.1, 0.15) is 219 Å². The zero-order valence-corrected chi connectivity index (χ0v) is 38.5. The van der Waals surface area contributed by atoms with Gasteiger partial charge >= 0.3 is 7.82 Å². The summed E-state index contributed by atoms with van der Waals surface area (Å²) in [5, 5.41) is 13.9. The first-order chi connectivity index (χ1) is 27.0. The largest absolute Gasteiger partial charge is 0.472 e. The van der Waals surface area contributed by atoms with Crippen LogP contribution in [0.4, 0.5) is 0 Å². The fraction of sp³-hybridized carbons (Fsp3) is 0.894. The van der Waals surface area contributed by atoms with Gasteiger partial charge in [-0.05, 0) is 44.9 Å². The molecule has 0 aliphatic heterocycles. The van der Waals surface area contributed by atoms with Crippen LogP contribution in [0, 0.1) is 0 Å². The molecule has 0 radical (unpaired) electrons. The number of carbonyl (C=O) groups excluding carboxylic acids is 1. The number of aliphatic hydroxyl groups excluding tert-OH is 1. The van der Waals surface area contributed by atoms with E-state index >= 15 is 0 Å². The normalized spacial score (nSPS) is 14.5. The van der Waals surface area contributed by atoms with Crippen LogP contribution in [0.2, 0.25) is 0 Å². The second-order valence-corrected chi connectivity index (χ2v) is 18.9. The number of phosphoric ester groups is 1. The number of rotatable bonds is 43. The molecule has 0 rings (SSSR count). The molecule has 1 amide bonds. The highest BCUT2D eigenvalue weighted by molar-refractivity contribution is 7.47. The van der Waals surface area contributed by atoms with Crippen LogP contribution in [0.25, 0.3) is 0 Å². The molecule has 0 saturated carbocycles. The van der Waals surface area contributed by atoms with Crippen LogP contribution in [0.5, 0.6) is 0 Å². The van der Waals surface area contributed by atoms with Gasteiger partial charge in [-0.15, -0.1) is 0 Å². The predicted molar refractivity (Wildman–Crippen MR) is 240 cm³/mol. The number of amides is 1. The van der Waals surface area contributed by atoms with Crippen molar-refractivity contribution >= 4 is 13.7 Å². The molecule has 0 aliphatic rings. The van der Waals surface area contributed by atoms with Gasteiger partial charge in [0.05, 0.1) is 39.9 Å². The van der Waals surface area contributed by atoms with E-state index in [1.54, 1.807) is 0 Å². The molecule has 0 spiro atoms. The number of hydrogen-bond acceptors (Lipinski definition) is 5.